The van der Waals surface area contributed by atoms with E-state index in [0.717, 1.165) is 0 Å². The number of nitrogen functional groups attached to an aromatic ring is 1. The van der Waals surface area contributed by atoms with Gasteiger partial charge in [-0.2, -0.15) is 0 Å². The molecule has 1 aliphatic rings. The number of likely N-dealkylation sites (tertiary alicyclic amines) is 1. The summed E-state index contributed by atoms with van der Waals surface area (Å²) in [6.07, 6.45) is 1.58. The number of aromatic nitrogens is 2. The van der Waals surface area contributed by atoms with E-state index in [-0.39, 0.29) is 23.6 Å². The van der Waals surface area contributed by atoms with Crippen LogP contribution in [0.2, 0.25) is 0 Å². The van der Waals surface area contributed by atoms with Gasteiger partial charge in [0.05, 0.1) is 11.9 Å². The fourth-order valence-corrected chi connectivity index (χ4v) is 2.61. The van der Waals surface area contributed by atoms with Gasteiger partial charge in [-0.15, -0.1) is 0 Å². The first kappa shape index (κ1) is 17.4. The van der Waals surface area contributed by atoms with E-state index in [2.05, 4.69) is 21.8 Å². The molecule has 2 heterocycles. The number of carbonyl (C=O) groups excluding carboxylic acids is 2. The zero-order valence-corrected chi connectivity index (χ0v) is 14.1. The molecule has 0 saturated carbocycles. The largest absolute Gasteiger partial charge is 0.396 e. The number of amides is 2. The van der Waals surface area contributed by atoms with E-state index >= 15 is 0 Å². The first-order chi connectivity index (χ1) is 12.3. The van der Waals surface area contributed by atoms with Gasteiger partial charge >= 0.3 is 0 Å². The van der Waals surface area contributed by atoms with Gasteiger partial charge in [-0.3, -0.25) is 9.59 Å². The second-order valence-electron chi connectivity index (χ2n) is 6.03. The molecule has 5 N–H and O–H groups in total. The molecule has 2 amide bonds. The van der Waals surface area contributed by atoms with E-state index in [4.69, 9.17) is 11.5 Å². The van der Waals surface area contributed by atoms with Crippen LogP contribution in [0, 0.1) is 11.8 Å². The van der Waals surface area contributed by atoms with E-state index in [1.54, 1.807) is 31.3 Å². The van der Waals surface area contributed by atoms with Crippen molar-refractivity contribution >= 4 is 17.5 Å². The molecule has 0 unspecified atom stereocenters. The van der Waals surface area contributed by atoms with Crippen molar-refractivity contribution in [1.82, 2.24) is 14.9 Å². The van der Waals surface area contributed by atoms with Crippen molar-refractivity contribution in [2.75, 3.05) is 19.3 Å². The highest BCUT2D eigenvalue weighted by Crippen LogP contribution is 2.22. The summed E-state index contributed by atoms with van der Waals surface area (Å²) in [7, 11) is 1.62. The highest BCUT2D eigenvalue weighted by molar-refractivity contribution is 5.96. The Bertz CT molecular complexity index is 963. The first-order valence-electron chi connectivity index (χ1n) is 7.84. The quantitative estimate of drug-likeness (QED) is 0.640. The molecule has 2 aromatic rings. The number of hydrogen-bond acceptors (Lipinski definition) is 6. The van der Waals surface area contributed by atoms with Crippen LogP contribution < -0.4 is 11.5 Å². The maximum atomic E-state index is 12.0. The predicted octanol–water partition coefficient (Wildman–Crippen LogP) is -0.231. The minimum Gasteiger partial charge on any atom is -0.396 e. The van der Waals surface area contributed by atoms with Gasteiger partial charge in [0.2, 0.25) is 5.60 Å². The molecule has 1 aromatic carbocycles. The third-order valence-corrected chi connectivity index (χ3v) is 4.09. The smallest absolute Gasteiger partial charge is 0.269 e. The lowest BCUT2D eigenvalue weighted by Gasteiger charge is -2.13. The van der Waals surface area contributed by atoms with Crippen molar-refractivity contribution < 1.29 is 14.7 Å². The number of primary amides is 1. The van der Waals surface area contributed by atoms with Gasteiger partial charge in [0.25, 0.3) is 11.8 Å². The molecular weight excluding hydrogens is 334 g/mol. The molecule has 1 atom stereocenters. The summed E-state index contributed by atoms with van der Waals surface area (Å²) in [5.41, 5.74) is 10.4. The van der Waals surface area contributed by atoms with Crippen molar-refractivity contribution in [3.63, 3.8) is 0 Å². The fraction of sp³-hybridized carbons (Fsp3) is 0.222. The molecule has 1 aromatic heterocycles. The van der Waals surface area contributed by atoms with E-state index in [1.165, 1.54) is 11.1 Å². The molecular formula is C18H17N5O3. The lowest BCUT2D eigenvalue weighted by Crippen LogP contribution is -2.37. The molecule has 1 aliphatic heterocycles. The van der Waals surface area contributed by atoms with Gasteiger partial charge in [0.1, 0.15) is 0 Å². The van der Waals surface area contributed by atoms with Crippen LogP contribution in [-0.4, -0.2) is 51.0 Å². The lowest BCUT2D eigenvalue weighted by molar-refractivity contribution is -0.137. The van der Waals surface area contributed by atoms with Crippen LogP contribution >= 0.6 is 0 Å². The van der Waals surface area contributed by atoms with Crippen LogP contribution in [0.25, 0.3) is 11.4 Å². The van der Waals surface area contributed by atoms with Gasteiger partial charge in [0, 0.05) is 31.1 Å². The van der Waals surface area contributed by atoms with E-state index < -0.39 is 17.4 Å². The number of likely N-dealkylation sites (N-methyl/N-ethyl adjacent to an activating group) is 1. The number of hydrogen-bond donors (Lipinski definition) is 3. The van der Waals surface area contributed by atoms with E-state index in [9.17, 15) is 14.7 Å². The third kappa shape index (κ3) is 3.20. The number of anilines is 1. The maximum absolute atomic E-state index is 12.0. The minimum atomic E-state index is -1.67. The Morgan fingerprint density at radius 1 is 1.42 bits per heavy atom. The molecule has 0 aliphatic carbocycles. The highest BCUT2D eigenvalue weighted by Gasteiger charge is 2.42. The monoisotopic (exact) mass is 351 g/mol. The third-order valence-electron chi connectivity index (χ3n) is 4.09. The Labute approximate surface area is 149 Å². The van der Waals surface area contributed by atoms with Crippen LogP contribution in [0.5, 0.6) is 0 Å². The van der Waals surface area contributed by atoms with Gasteiger partial charge in [0.15, 0.2) is 11.5 Å². The lowest BCUT2D eigenvalue weighted by atomic mass is 10.0. The van der Waals surface area contributed by atoms with Crippen LogP contribution in [0.15, 0.2) is 30.5 Å². The number of benzene rings is 1. The van der Waals surface area contributed by atoms with Crippen molar-refractivity contribution in [3.8, 4) is 23.2 Å². The maximum Gasteiger partial charge on any atom is 0.269 e. The summed E-state index contributed by atoms with van der Waals surface area (Å²) in [5.74, 6) is 4.59. The summed E-state index contributed by atoms with van der Waals surface area (Å²) < 4.78 is 0. The molecule has 0 radical (unpaired) electrons. The summed E-state index contributed by atoms with van der Waals surface area (Å²) in [4.78, 5) is 33.0. The fourth-order valence-electron chi connectivity index (χ4n) is 2.61. The topological polar surface area (TPSA) is 135 Å². The van der Waals surface area contributed by atoms with Crippen molar-refractivity contribution in [1.29, 1.82) is 0 Å². The molecule has 1 fully saturated rings. The number of nitrogens with two attached hydrogens (primary N) is 2. The van der Waals surface area contributed by atoms with E-state index in [0.29, 0.717) is 17.7 Å². The molecule has 132 valence electrons. The van der Waals surface area contributed by atoms with Crippen LogP contribution in [0.4, 0.5) is 5.69 Å². The number of aliphatic hydroxyl groups is 1. The number of carbonyl (C=O) groups is 2. The van der Waals surface area contributed by atoms with Gasteiger partial charge < -0.3 is 21.5 Å². The van der Waals surface area contributed by atoms with Gasteiger partial charge in [-0.05, 0) is 12.1 Å². The summed E-state index contributed by atoms with van der Waals surface area (Å²) in [6.45, 7) is 0.458. The summed E-state index contributed by atoms with van der Waals surface area (Å²) in [6, 6.07) is 6.89. The molecule has 8 heteroatoms. The van der Waals surface area contributed by atoms with Crippen molar-refractivity contribution in [2.24, 2.45) is 5.73 Å². The molecule has 3 rings (SSSR count). The SMILES string of the molecule is CN1CC[C@@](O)(C#Cc2cccc(-c3ncc(N)c(C(N)=O)n3)c2)C1=O. The molecule has 0 spiro atoms. The van der Waals surface area contributed by atoms with Crippen LogP contribution in [-0.2, 0) is 4.79 Å². The highest BCUT2D eigenvalue weighted by atomic mass is 16.3. The zero-order valence-electron chi connectivity index (χ0n) is 14.1. The normalized spacial score (nSPS) is 19.2. The molecule has 26 heavy (non-hydrogen) atoms. The Morgan fingerprint density at radius 3 is 2.85 bits per heavy atom. The molecule has 1 saturated heterocycles. The second kappa shape index (κ2) is 6.46. The average molecular weight is 351 g/mol. The predicted molar refractivity (Wildman–Crippen MR) is 94.5 cm³/mol. The van der Waals surface area contributed by atoms with E-state index in [1.807, 2.05) is 0 Å². The zero-order chi connectivity index (χ0) is 18.9. The first-order valence-corrected chi connectivity index (χ1v) is 7.84. The van der Waals surface area contributed by atoms with Gasteiger partial charge in [-0.1, -0.05) is 24.0 Å². The summed E-state index contributed by atoms with van der Waals surface area (Å²) in [5, 5.41) is 10.4. The second-order valence-corrected chi connectivity index (χ2v) is 6.03. The minimum absolute atomic E-state index is 0.0552. The van der Waals surface area contributed by atoms with Crippen molar-refractivity contribution in [2.45, 2.75) is 12.0 Å². The molecule has 8 nitrogen and oxygen atoms in total. The van der Waals surface area contributed by atoms with Crippen molar-refractivity contribution in [3.05, 3.63) is 41.7 Å². The number of nitrogens with zero attached hydrogens (tertiary/aromatic N) is 3. The molecule has 0 bridgehead atoms. The summed E-state index contributed by atoms with van der Waals surface area (Å²) >= 11 is 0. The van der Waals surface area contributed by atoms with Gasteiger partial charge in [-0.25, -0.2) is 9.97 Å². The average Bonchev–Trinajstić information content (AvgIpc) is 2.88. The Balaban J connectivity index is 1.93. The Morgan fingerprint density at radius 2 is 2.19 bits per heavy atom. The van der Waals surface area contributed by atoms with Crippen LogP contribution in [0.1, 0.15) is 22.5 Å². The standard InChI is InChI=1S/C18H17N5O3/c1-23-8-7-18(26,17(23)25)6-5-11-3-2-4-12(9-11)16-21-10-13(19)14(22-16)15(20)24/h2-4,9-10,26H,7-8,19H2,1H3,(H2,20,24)/t18-/m0/s1. The Hall–Kier alpha value is -3.44. The van der Waals surface area contributed by atoms with Crippen LogP contribution in [0.3, 0.4) is 0 Å². The Kier molecular flexibility index (Phi) is 4.32. The number of rotatable bonds is 2.